The number of hydrogen-bond acceptors (Lipinski definition) is 2. The summed E-state index contributed by atoms with van der Waals surface area (Å²) >= 11 is 0. The van der Waals surface area contributed by atoms with Crippen molar-refractivity contribution >= 4 is 0 Å². The van der Waals surface area contributed by atoms with Crippen LogP contribution in [0.5, 0.6) is 0 Å². The first-order valence-electron chi connectivity index (χ1n) is 6.37. The third-order valence-electron chi connectivity index (χ3n) is 3.51. The molecule has 0 aromatic heterocycles. The molecule has 0 aliphatic carbocycles. The summed E-state index contributed by atoms with van der Waals surface area (Å²) in [5.41, 5.74) is -0.781. The van der Waals surface area contributed by atoms with Crippen LogP contribution in [0.3, 0.4) is 0 Å². The van der Waals surface area contributed by atoms with Crippen molar-refractivity contribution in [3.05, 3.63) is 35.1 Å². The van der Waals surface area contributed by atoms with Gasteiger partial charge in [-0.05, 0) is 43.6 Å². The number of likely N-dealkylation sites (tertiary alicyclic amines) is 1. The molecule has 1 saturated heterocycles. The van der Waals surface area contributed by atoms with Crippen LogP contribution in [0.4, 0.5) is 17.6 Å². The average Bonchev–Trinajstić information content (AvgIpc) is 2.40. The number of alkyl halides is 3. The van der Waals surface area contributed by atoms with Crippen LogP contribution in [0, 0.1) is 23.1 Å². The fourth-order valence-electron chi connectivity index (χ4n) is 2.37. The Morgan fingerprint density at radius 3 is 2.45 bits per heavy atom. The number of rotatable bonds is 2. The van der Waals surface area contributed by atoms with Crippen LogP contribution in [0.15, 0.2) is 18.2 Å². The van der Waals surface area contributed by atoms with Gasteiger partial charge in [0.25, 0.3) is 0 Å². The van der Waals surface area contributed by atoms with Gasteiger partial charge in [-0.2, -0.15) is 18.4 Å². The average molecular weight is 286 g/mol. The smallest absolute Gasteiger partial charge is 0.299 e. The van der Waals surface area contributed by atoms with E-state index in [1.807, 2.05) is 4.90 Å². The molecule has 0 saturated carbocycles. The van der Waals surface area contributed by atoms with Gasteiger partial charge >= 0.3 is 6.18 Å². The second kappa shape index (κ2) is 5.80. The van der Waals surface area contributed by atoms with Gasteiger partial charge in [-0.15, -0.1) is 0 Å². The standard InChI is InChI=1S/C14H14F4N2/c15-13-2-1-11(7-12(13)14(16,17)18)9-20-5-3-10(8-19)4-6-20/h1-2,7,10H,3-6,9H2. The fraction of sp³-hybridized carbons (Fsp3) is 0.500. The first-order valence-corrected chi connectivity index (χ1v) is 6.37. The van der Waals surface area contributed by atoms with Crippen LogP contribution in [0.1, 0.15) is 24.0 Å². The van der Waals surface area contributed by atoms with E-state index in [1.165, 1.54) is 6.07 Å². The predicted octanol–water partition coefficient (Wildman–Crippen LogP) is 3.58. The number of benzene rings is 1. The summed E-state index contributed by atoms with van der Waals surface area (Å²) in [6.45, 7) is 1.70. The van der Waals surface area contributed by atoms with Crippen molar-refractivity contribution in [2.45, 2.75) is 25.6 Å². The molecule has 1 aliphatic heterocycles. The van der Waals surface area contributed by atoms with Crippen LogP contribution in [-0.2, 0) is 12.7 Å². The zero-order chi connectivity index (χ0) is 14.8. The van der Waals surface area contributed by atoms with Gasteiger partial charge < -0.3 is 0 Å². The maximum absolute atomic E-state index is 13.2. The lowest BCUT2D eigenvalue weighted by Gasteiger charge is -2.29. The summed E-state index contributed by atoms with van der Waals surface area (Å²) in [6, 6.07) is 5.30. The van der Waals surface area contributed by atoms with E-state index in [-0.39, 0.29) is 5.92 Å². The molecule has 0 amide bonds. The molecular formula is C14H14F4N2. The van der Waals surface area contributed by atoms with E-state index in [0.29, 0.717) is 25.2 Å². The molecule has 0 atom stereocenters. The Hall–Kier alpha value is -1.61. The molecule has 1 aromatic rings. The molecule has 1 fully saturated rings. The molecule has 20 heavy (non-hydrogen) atoms. The van der Waals surface area contributed by atoms with E-state index < -0.39 is 17.6 Å². The predicted molar refractivity (Wildman–Crippen MR) is 65.0 cm³/mol. The molecule has 0 spiro atoms. The van der Waals surface area contributed by atoms with Gasteiger partial charge in [0.15, 0.2) is 0 Å². The number of piperidine rings is 1. The maximum Gasteiger partial charge on any atom is 0.419 e. The van der Waals surface area contributed by atoms with E-state index in [9.17, 15) is 17.6 Å². The molecule has 108 valence electrons. The Morgan fingerprint density at radius 1 is 1.25 bits per heavy atom. The second-order valence-electron chi connectivity index (χ2n) is 4.99. The molecule has 0 N–H and O–H groups in total. The summed E-state index contributed by atoms with van der Waals surface area (Å²) in [7, 11) is 0. The van der Waals surface area contributed by atoms with Crippen LogP contribution in [0.25, 0.3) is 0 Å². The summed E-state index contributed by atoms with van der Waals surface area (Å²) < 4.78 is 51.0. The van der Waals surface area contributed by atoms with Gasteiger partial charge in [0, 0.05) is 12.5 Å². The van der Waals surface area contributed by atoms with Gasteiger partial charge in [-0.1, -0.05) is 6.07 Å². The van der Waals surface area contributed by atoms with Gasteiger partial charge in [-0.3, -0.25) is 4.90 Å². The highest BCUT2D eigenvalue weighted by Gasteiger charge is 2.34. The number of nitriles is 1. The molecule has 1 aromatic carbocycles. The minimum Gasteiger partial charge on any atom is -0.299 e. The van der Waals surface area contributed by atoms with E-state index in [0.717, 1.165) is 25.0 Å². The molecule has 2 rings (SSSR count). The minimum atomic E-state index is -4.67. The van der Waals surface area contributed by atoms with E-state index >= 15 is 0 Å². The molecule has 1 aliphatic rings. The van der Waals surface area contributed by atoms with Crippen LogP contribution < -0.4 is 0 Å². The van der Waals surface area contributed by atoms with Gasteiger partial charge in [0.1, 0.15) is 5.82 Å². The summed E-state index contributed by atoms with van der Waals surface area (Å²) in [5, 5.41) is 8.79. The number of halogens is 4. The Morgan fingerprint density at radius 2 is 1.90 bits per heavy atom. The third kappa shape index (κ3) is 3.48. The van der Waals surface area contributed by atoms with E-state index in [4.69, 9.17) is 5.26 Å². The molecule has 1 heterocycles. The zero-order valence-electron chi connectivity index (χ0n) is 10.8. The number of hydrogen-bond donors (Lipinski definition) is 0. The summed E-state index contributed by atoms with van der Waals surface area (Å²) in [6.07, 6.45) is -3.22. The number of nitrogens with zero attached hydrogens (tertiary/aromatic N) is 2. The Labute approximate surface area is 114 Å². The van der Waals surface area contributed by atoms with Crippen LogP contribution >= 0.6 is 0 Å². The summed E-state index contributed by atoms with van der Waals surface area (Å²) in [5.74, 6) is -1.21. The van der Waals surface area contributed by atoms with Crippen LogP contribution in [0.2, 0.25) is 0 Å². The van der Waals surface area contributed by atoms with Crippen molar-refractivity contribution in [2.75, 3.05) is 13.1 Å². The molecule has 0 unspecified atom stereocenters. The maximum atomic E-state index is 13.2. The Bertz CT molecular complexity index is 511. The summed E-state index contributed by atoms with van der Waals surface area (Å²) in [4.78, 5) is 1.99. The van der Waals surface area contributed by atoms with E-state index in [2.05, 4.69) is 6.07 Å². The minimum absolute atomic E-state index is 0.0326. The Balaban J connectivity index is 2.06. The van der Waals surface area contributed by atoms with Gasteiger partial charge in [-0.25, -0.2) is 4.39 Å². The Kier molecular flexibility index (Phi) is 4.29. The lowest BCUT2D eigenvalue weighted by Crippen LogP contribution is -2.32. The van der Waals surface area contributed by atoms with Crippen molar-refractivity contribution in [1.82, 2.24) is 4.90 Å². The van der Waals surface area contributed by atoms with Crippen molar-refractivity contribution in [3.63, 3.8) is 0 Å². The lowest BCUT2D eigenvalue weighted by molar-refractivity contribution is -0.140. The van der Waals surface area contributed by atoms with Gasteiger partial charge in [0.05, 0.1) is 11.6 Å². The first kappa shape index (κ1) is 14.8. The van der Waals surface area contributed by atoms with Crippen molar-refractivity contribution in [1.29, 1.82) is 5.26 Å². The molecule has 0 radical (unpaired) electrons. The highest BCUT2D eigenvalue weighted by molar-refractivity contribution is 5.27. The highest BCUT2D eigenvalue weighted by atomic mass is 19.4. The normalized spacial score (nSPS) is 17.9. The van der Waals surface area contributed by atoms with Crippen molar-refractivity contribution in [3.8, 4) is 6.07 Å². The zero-order valence-corrected chi connectivity index (χ0v) is 10.8. The molecular weight excluding hydrogens is 272 g/mol. The SMILES string of the molecule is N#CC1CCN(Cc2ccc(F)c(C(F)(F)F)c2)CC1. The first-order chi connectivity index (χ1) is 9.40. The lowest BCUT2D eigenvalue weighted by atomic mass is 9.98. The topological polar surface area (TPSA) is 27.0 Å². The third-order valence-corrected chi connectivity index (χ3v) is 3.51. The molecule has 0 bridgehead atoms. The van der Waals surface area contributed by atoms with Gasteiger partial charge in [0.2, 0.25) is 0 Å². The highest BCUT2D eigenvalue weighted by Crippen LogP contribution is 2.32. The van der Waals surface area contributed by atoms with E-state index in [1.54, 1.807) is 0 Å². The van der Waals surface area contributed by atoms with Crippen molar-refractivity contribution in [2.24, 2.45) is 5.92 Å². The second-order valence-corrected chi connectivity index (χ2v) is 4.99. The largest absolute Gasteiger partial charge is 0.419 e. The monoisotopic (exact) mass is 286 g/mol. The molecule has 6 heteroatoms. The molecule has 2 nitrogen and oxygen atoms in total. The van der Waals surface area contributed by atoms with Crippen LogP contribution in [-0.4, -0.2) is 18.0 Å². The van der Waals surface area contributed by atoms with Crippen molar-refractivity contribution < 1.29 is 17.6 Å². The fourth-order valence-corrected chi connectivity index (χ4v) is 2.37. The quantitative estimate of drug-likeness (QED) is 0.777.